The number of likely N-dealkylation sites (tertiary alicyclic amines) is 1. The summed E-state index contributed by atoms with van der Waals surface area (Å²) < 4.78 is 0. The summed E-state index contributed by atoms with van der Waals surface area (Å²) in [5, 5.41) is 17.2. The molecule has 0 aromatic heterocycles. The Balaban J connectivity index is 2.84. The number of carboxylic acids is 1. The van der Waals surface area contributed by atoms with Gasteiger partial charge in [-0.25, -0.2) is 4.79 Å². The summed E-state index contributed by atoms with van der Waals surface area (Å²) in [6.07, 6.45) is 0.0607. The van der Waals surface area contributed by atoms with Crippen LogP contribution in [0.3, 0.4) is 0 Å². The van der Waals surface area contributed by atoms with E-state index in [1.807, 2.05) is 0 Å². The fraction of sp³-hybridized carbons (Fsp3) is 0.571. The van der Waals surface area contributed by atoms with Gasteiger partial charge in [0, 0.05) is 12.8 Å². The Morgan fingerprint density at radius 1 is 1.38 bits per heavy atom. The molecule has 1 saturated heterocycles. The maximum absolute atomic E-state index is 11.0. The summed E-state index contributed by atoms with van der Waals surface area (Å²) in [5.41, 5.74) is 0. The van der Waals surface area contributed by atoms with Crippen LogP contribution in [0.4, 0.5) is 0 Å². The maximum Gasteiger partial charge on any atom is 0.329 e. The third kappa shape index (κ3) is 1.67. The molecule has 72 valence electrons. The highest BCUT2D eigenvalue weighted by Gasteiger charge is 2.38. The zero-order valence-electron chi connectivity index (χ0n) is 6.77. The molecule has 0 bridgehead atoms. The molecule has 0 aromatic rings. The fourth-order valence-corrected chi connectivity index (χ4v) is 1.21. The number of rotatable bonds is 3. The fourth-order valence-electron chi connectivity index (χ4n) is 1.21. The number of aliphatic carboxylic acids is 1. The predicted octanol–water partition coefficient (Wildman–Crippen LogP) is -1.42. The van der Waals surface area contributed by atoms with E-state index in [1.165, 1.54) is 0 Å². The van der Waals surface area contributed by atoms with Gasteiger partial charge in [-0.2, -0.15) is 0 Å². The Morgan fingerprint density at radius 2 is 1.85 bits per heavy atom. The average Bonchev–Trinajstić information content (AvgIpc) is 2.36. The number of carboxylic acid groups (broad SMARTS) is 1. The molecule has 6 nitrogen and oxygen atoms in total. The van der Waals surface area contributed by atoms with E-state index in [9.17, 15) is 14.4 Å². The third-order valence-corrected chi connectivity index (χ3v) is 1.86. The number of carbonyl (C=O) groups is 3. The van der Waals surface area contributed by atoms with Crippen molar-refractivity contribution in [2.24, 2.45) is 0 Å². The molecule has 2 N–H and O–H groups in total. The van der Waals surface area contributed by atoms with Gasteiger partial charge in [-0.3, -0.25) is 14.5 Å². The molecular weight excluding hydrogens is 178 g/mol. The second-order valence-electron chi connectivity index (χ2n) is 2.69. The largest absolute Gasteiger partial charge is 0.480 e. The zero-order chi connectivity index (χ0) is 10.0. The first kappa shape index (κ1) is 9.66. The molecule has 1 heterocycles. The second-order valence-corrected chi connectivity index (χ2v) is 2.69. The Hall–Kier alpha value is -1.43. The molecule has 1 rings (SSSR count). The van der Waals surface area contributed by atoms with Crippen LogP contribution in [-0.2, 0) is 14.4 Å². The molecule has 0 aliphatic carbocycles. The van der Waals surface area contributed by atoms with Gasteiger partial charge < -0.3 is 10.2 Å². The number of carbonyl (C=O) groups excluding carboxylic acids is 2. The molecule has 2 amide bonds. The second kappa shape index (κ2) is 3.53. The molecule has 1 unspecified atom stereocenters. The van der Waals surface area contributed by atoms with Crippen molar-refractivity contribution in [3.05, 3.63) is 0 Å². The first-order chi connectivity index (χ1) is 6.07. The molecule has 1 aliphatic rings. The van der Waals surface area contributed by atoms with Gasteiger partial charge in [0.1, 0.15) is 0 Å². The minimum absolute atomic E-state index is 0.0304. The summed E-state index contributed by atoms with van der Waals surface area (Å²) in [6.45, 7) is -0.743. The number of amides is 2. The van der Waals surface area contributed by atoms with E-state index in [0.29, 0.717) is 4.90 Å². The van der Waals surface area contributed by atoms with E-state index >= 15 is 0 Å². The number of hydrogen-bond acceptors (Lipinski definition) is 4. The van der Waals surface area contributed by atoms with Crippen molar-refractivity contribution in [2.75, 3.05) is 6.61 Å². The summed E-state index contributed by atoms with van der Waals surface area (Å²) in [5.74, 6) is -2.44. The summed E-state index contributed by atoms with van der Waals surface area (Å²) in [4.78, 5) is 33.2. The van der Waals surface area contributed by atoms with E-state index in [2.05, 4.69) is 0 Å². The molecule has 0 spiro atoms. The number of nitrogens with zero attached hydrogens (tertiary/aromatic N) is 1. The quantitative estimate of drug-likeness (QED) is 0.529. The van der Waals surface area contributed by atoms with Crippen molar-refractivity contribution in [2.45, 2.75) is 18.9 Å². The van der Waals surface area contributed by atoms with Gasteiger partial charge >= 0.3 is 5.97 Å². The molecule has 1 atom stereocenters. The van der Waals surface area contributed by atoms with Crippen LogP contribution in [0.15, 0.2) is 0 Å². The standard InChI is InChI=1S/C7H9NO5/c9-3-4(7(12)13)8-5(10)1-2-6(8)11/h4,9H,1-3H2,(H,12,13). The zero-order valence-corrected chi connectivity index (χ0v) is 6.77. The molecular formula is C7H9NO5. The van der Waals surface area contributed by atoms with Gasteiger partial charge in [0.05, 0.1) is 6.61 Å². The SMILES string of the molecule is O=C(O)C(CO)N1C(=O)CCC1=O. The lowest BCUT2D eigenvalue weighted by Crippen LogP contribution is -2.46. The normalized spacial score (nSPS) is 19.3. The summed E-state index contributed by atoms with van der Waals surface area (Å²) >= 11 is 0. The Kier molecular flexibility index (Phi) is 2.62. The van der Waals surface area contributed by atoms with Crippen LogP contribution in [0, 0.1) is 0 Å². The van der Waals surface area contributed by atoms with Crippen LogP contribution in [0.25, 0.3) is 0 Å². The third-order valence-electron chi connectivity index (χ3n) is 1.86. The molecule has 0 saturated carbocycles. The van der Waals surface area contributed by atoms with Crippen LogP contribution in [0.2, 0.25) is 0 Å². The highest BCUT2D eigenvalue weighted by molar-refractivity contribution is 6.04. The Bertz CT molecular complexity index is 246. The number of aliphatic hydroxyl groups excluding tert-OH is 1. The minimum Gasteiger partial charge on any atom is -0.480 e. The van der Waals surface area contributed by atoms with E-state index in [-0.39, 0.29) is 12.8 Å². The first-order valence-corrected chi connectivity index (χ1v) is 3.76. The van der Waals surface area contributed by atoms with Crippen molar-refractivity contribution in [3.63, 3.8) is 0 Å². The van der Waals surface area contributed by atoms with E-state index in [1.54, 1.807) is 0 Å². The monoisotopic (exact) mass is 187 g/mol. The van der Waals surface area contributed by atoms with Crippen LogP contribution in [0.1, 0.15) is 12.8 Å². The number of aliphatic hydroxyl groups is 1. The van der Waals surface area contributed by atoms with Crippen LogP contribution in [0.5, 0.6) is 0 Å². The molecule has 6 heteroatoms. The minimum atomic E-state index is -1.43. The summed E-state index contributed by atoms with van der Waals surface area (Å²) in [7, 11) is 0. The van der Waals surface area contributed by atoms with Crippen LogP contribution < -0.4 is 0 Å². The van der Waals surface area contributed by atoms with Crippen molar-refractivity contribution < 1.29 is 24.6 Å². The van der Waals surface area contributed by atoms with Gasteiger partial charge in [-0.05, 0) is 0 Å². The molecule has 0 aromatic carbocycles. The topological polar surface area (TPSA) is 94.9 Å². The van der Waals surface area contributed by atoms with E-state index in [0.717, 1.165) is 0 Å². The first-order valence-electron chi connectivity index (χ1n) is 3.76. The molecule has 1 aliphatic heterocycles. The highest BCUT2D eigenvalue weighted by Crippen LogP contribution is 2.15. The van der Waals surface area contributed by atoms with Gasteiger partial charge in [-0.15, -0.1) is 0 Å². The van der Waals surface area contributed by atoms with Crippen LogP contribution in [-0.4, -0.2) is 45.5 Å². The Labute approximate surface area is 73.8 Å². The maximum atomic E-state index is 11.0. The van der Waals surface area contributed by atoms with Gasteiger partial charge in [0.25, 0.3) is 0 Å². The van der Waals surface area contributed by atoms with E-state index in [4.69, 9.17) is 10.2 Å². The van der Waals surface area contributed by atoms with Crippen molar-refractivity contribution in [3.8, 4) is 0 Å². The lowest BCUT2D eigenvalue weighted by atomic mass is 10.3. The highest BCUT2D eigenvalue weighted by atomic mass is 16.4. The average molecular weight is 187 g/mol. The van der Waals surface area contributed by atoms with Gasteiger partial charge in [0.2, 0.25) is 11.8 Å². The number of hydrogen-bond donors (Lipinski definition) is 2. The predicted molar refractivity (Wildman–Crippen MR) is 39.6 cm³/mol. The molecule has 13 heavy (non-hydrogen) atoms. The van der Waals surface area contributed by atoms with Crippen molar-refractivity contribution in [1.82, 2.24) is 4.90 Å². The van der Waals surface area contributed by atoms with E-state index < -0.39 is 30.4 Å². The van der Waals surface area contributed by atoms with Gasteiger partial charge in [0.15, 0.2) is 6.04 Å². The van der Waals surface area contributed by atoms with Crippen molar-refractivity contribution >= 4 is 17.8 Å². The summed E-state index contributed by atoms with van der Waals surface area (Å²) in [6, 6.07) is -1.43. The lowest BCUT2D eigenvalue weighted by molar-refractivity contribution is -0.155. The molecule has 0 radical (unpaired) electrons. The smallest absolute Gasteiger partial charge is 0.329 e. The Morgan fingerprint density at radius 3 is 2.15 bits per heavy atom. The van der Waals surface area contributed by atoms with Gasteiger partial charge in [-0.1, -0.05) is 0 Å². The van der Waals surface area contributed by atoms with Crippen molar-refractivity contribution in [1.29, 1.82) is 0 Å². The van der Waals surface area contributed by atoms with Crippen LogP contribution >= 0.6 is 0 Å². The number of imide groups is 1. The lowest BCUT2D eigenvalue weighted by Gasteiger charge is -2.19. The molecule has 1 fully saturated rings.